The number of likely N-dealkylation sites (tertiary alicyclic amines) is 1. The minimum Gasteiger partial charge on any atom is -0.444 e. The van der Waals surface area contributed by atoms with E-state index in [2.05, 4.69) is 13.8 Å². The Morgan fingerprint density at radius 2 is 1.56 bits per heavy atom. The lowest BCUT2D eigenvalue weighted by atomic mass is 10.1. The lowest BCUT2D eigenvalue weighted by Crippen LogP contribution is -2.46. The number of nitrogens with zero attached hydrogens (tertiary/aromatic N) is 1. The number of hydrogen-bond acceptors (Lipinski definition) is 2. The van der Waals surface area contributed by atoms with Gasteiger partial charge in [0.15, 0.2) is 0 Å². The molecule has 3 nitrogen and oxygen atoms in total. The number of carbonyl (C=O) groups is 1. The summed E-state index contributed by atoms with van der Waals surface area (Å²) in [7, 11) is 0. The van der Waals surface area contributed by atoms with Gasteiger partial charge in [-0.1, -0.05) is 12.8 Å². The monoisotopic (exact) mass is 227 g/mol. The van der Waals surface area contributed by atoms with E-state index in [1.165, 1.54) is 12.8 Å². The maximum atomic E-state index is 12.1. The van der Waals surface area contributed by atoms with Gasteiger partial charge in [0.2, 0.25) is 0 Å². The molecule has 0 aromatic heterocycles. The summed E-state index contributed by atoms with van der Waals surface area (Å²) in [6.07, 6.45) is 4.44. The van der Waals surface area contributed by atoms with Crippen LogP contribution in [0.5, 0.6) is 0 Å². The highest BCUT2D eigenvalue weighted by Crippen LogP contribution is 2.24. The molecule has 1 heterocycles. The fourth-order valence-electron chi connectivity index (χ4n) is 2.27. The summed E-state index contributed by atoms with van der Waals surface area (Å²) in [6.45, 7) is 9.98. The third-order valence-electron chi connectivity index (χ3n) is 3.05. The van der Waals surface area contributed by atoms with E-state index in [1.807, 2.05) is 25.7 Å². The van der Waals surface area contributed by atoms with E-state index in [1.54, 1.807) is 0 Å². The molecule has 3 heteroatoms. The van der Waals surface area contributed by atoms with E-state index < -0.39 is 5.60 Å². The molecule has 0 aliphatic carbocycles. The maximum Gasteiger partial charge on any atom is 0.410 e. The lowest BCUT2D eigenvalue weighted by Gasteiger charge is -2.34. The number of carbonyl (C=O) groups excluding carboxylic acids is 1. The smallest absolute Gasteiger partial charge is 0.410 e. The highest BCUT2D eigenvalue weighted by Gasteiger charge is 2.30. The van der Waals surface area contributed by atoms with Crippen LogP contribution in [0.2, 0.25) is 0 Å². The van der Waals surface area contributed by atoms with Gasteiger partial charge in [-0.2, -0.15) is 0 Å². The summed E-state index contributed by atoms with van der Waals surface area (Å²) in [5, 5.41) is 0. The van der Waals surface area contributed by atoms with Crippen molar-refractivity contribution >= 4 is 6.09 Å². The predicted octanol–water partition coefficient (Wildman–Crippen LogP) is 3.57. The molecule has 0 aromatic carbocycles. The first-order valence-corrected chi connectivity index (χ1v) is 6.32. The summed E-state index contributed by atoms with van der Waals surface area (Å²) < 4.78 is 5.46. The average Bonchev–Trinajstić information content (AvgIpc) is 2.24. The van der Waals surface area contributed by atoms with Gasteiger partial charge in [0.05, 0.1) is 0 Å². The van der Waals surface area contributed by atoms with Crippen molar-refractivity contribution in [1.82, 2.24) is 4.90 Å². The fraction of sp³-hybridized carbons (Fsp3) is 0.923. The third-order valence-corrected chi connectivity index (χ3v) is 3.05. The standard InChI is InChI=1S/C13H25NO2/c1-10-8-6-7-9-11(2)14(10)12(15)16-13(3,4)5/h10-11H,6-9H2,1-5H3/t10-,11-/m1/s1. The van der Waals surface area contributed by atoms with Gasteiger partial charge in [-0.25, -0.2) is 4.79 Å². The summed E-state index contributed by atoms with van der Waals surface area (Å²) in [6, 6.07) is 0.597. The van der Waals surface area contributed by atoms with Crippen molar-refractivity contribution in [3.8, 4) is 0 Å². The third kappa shape index (κ3) is 3.69. The Labute approximate surface area is 99.1 Å². The largest absolute Gasteiger partial charge is 0.444 e. The SMILES string of the molecule is C[C@@H]1CCCC[C@@H](C)N1C(=O)OC(C)(C)C. The van der Waals surface area contributed by atoms with Crippen molar-refractivity contribution in [2.24, 2.45) is 0 Å². The van der Waals surface area contributed by atoms with Crippen LogP contribution < -0.4 is 0 Å². The zero-order chi connectivity index (χ0) is 12.3. The van der Waals surface area contributed by atoms with E-state index in [0.717, 1.165) is 12.8 Å². The van der Waals surface area contributed by atoms with Gasteiger partial charge in [0.1, 0.15) is 5.60 Å². The Balaban J connectivity index is 2.70. The van der Waals surface area contributed by atoms with Gasteiger partial charge in [-0.3, -0.25) is 0 Å². The van der Waals surface area contributed by atoms with Crippen molar-refractivity contribution in [3.63, 3.8) is 0 Å². The Morgan fingerprint density at radius 3 is 1.94 bits per heavy atom. The molecule has 1 saturated heterocycles. The second-order valence-corrected chi connectivity index (χ2v) is 5.87. The van der Waals surface area contributed by atoms with Crippen LogP contribution >= 0.6 is 0 Å². The van der Waals surface area contributed by atoms with Gasteiger partial charge in [-0.15, -0.1) is 0 Å². The summed E-state index contributed by atoms with van der Waals surface area (Å²) in [4.78, 5) is 14.0. The van der Waals surface area contributed by atoms with Gasteiger partial charge in [0, 0.05) is 12.1 Å². The predicted molar refractivity (Wildman–Crippen MR) is 65.5 cm³/mol. The van der Waals surface area contributed by atoms with E-state index >= 15 is 0 Å². The quantitative estimate of drug-likeness (QED) is 0.633. The maximum absolute atomic E-state index is 12.1. The molecule has 2 atom stereocenters. The normalized spacial score (nSPS) is 27.4. The molecule has 0 spiro atoms. The number of ether oxygens (including phenoxy) is 1. The van der Waals surface area contributed by atoms with E-state index in [-0.39, 0.29) is 6.09 Å². The first-order chi connectivity index (χ1) is 7.31. The molecule has 0 unspecified atom stereocenters. The average molecular weight is 227 g/mol. The summed E-state index contributed by atoms with van der Waals surface area (Å²) >= 11 is 0. The summed E-state index contributed by atoms with van der Waals surface area (Å²) in [5.74, 6) is 0. The number of rotatable bonds is 0. The minimum atomic E-state index is -0.400. The second-order valence-electron chi connectivity index (χ2n) is 5.87. The lowest BCUT2D eigenvalue weighted by molar-refractivity contribution is 0.00927. The minimum absolute atomic E-state index is 0.158. The van der Waals surface area contributed by atoms with Crippen molar-refractivity contribution in [2.75, 3.05) is 0 Å². The first kappa shape index (κ1) is 13.3. The van der Waals surface area contributed by atoms with Crippen molar-refractivity contribution < 1.29 is 9.53 Å². The molecule has 1 aliphatic rings. The molecule has 0 saturated carbocycles. The van der Waals surface area contributed by atoms with Crippen LogP contribution in [0.4, 0.5) is 4.79 Å². The summed E-state index contributed by atoms with van der Waals surface area (Å²) in [5.41, 5.74) is -0.400. The van der Waals surface area contributed by atoms with Gasteiger partial charge < -0.3 is 9.64 Å². The first-order valence-electron chi connectivity index (χ1n) is 6.32. The van der Waals surface area contributed by atoms with Crippen LogP contribution in [0.1, 0.15) is 60.3 Å². The van der Waals surface area contributed by atoms with Crippen LogP contribution in [0, 0.1) is 0 Å². The van der Waals surface area contributed by atoms with Crippen molar-refractivity contribution in [3.05, 3.63) is 0 Å². The zero-order valence-electron chi connectivity index (χ0n) is 11.2. The Hall–Kier alpha value is -0.730. The molecule has 16 heavy (non-hydrogen) atoms. The second kappa shape index (κ2) is 5.07. The van der Waals surface area contributed by atoms with E-state index in [4.69, 9.17) is 4.74 Å². The van der Waals surface area contributed by atoms with Gasteiger partial charge in [-0.05, 0) is 47.5 Å². The Bertz CT molecular complexity index is 233. The number of amides is 1. The number of hydrogen-bond donors (Lipinski definition) is 0. The molecular formula is C13H25NO2. The van der Waals surface area contributed by atoms with Crippen LogP contribution in [0.3, 0.4) is 0 Å². The topological polar surface area (TPSA) is 29.5 Å². The molecule has 0 bridgehead atoms. The van der Waals surface area contributed by atoms with Gasteiger partial charge in [0.25, 0.3) is 0 Å². The molecule has 0 radical (unpaired) electrons. The van der Waals surface area contributed by atoms with Crippen molar-refractivity contribution in [2.45, 2.75) is 78.0 Å². The molecule has 1 rings (SSSR count). The Kier molecular flexibility index (Phi) is 4.22. The molecule has 0 aromatic rings. The highest BCUT2D eigenvalue weighted by atomic mass is 16.6. The fourth-order valence-corrected chi connectivity index (χ4v) is 2.27. The molecular weight excluding hydrogens is 202 g/mol. The molecule has 0 N–H and O–H groups in total. The van der Waals surface area contributed by atoms with E-state index in [9.17, 15) is 4.79 Å². The van der Waals surface area contributed by atoms with Gasteiger partial charge >= 0.3 is 6.09 Å². The molecule has 94 valence electrons. The molecule has 1 amide bonds. The van der Waals surface area contributed by atoms with Crippen molar-refractivity contribution in [1.29, 1.82) is 0 Å². The highest BCUT2D eigenvalue weighted by molar-refractivity contribution is 5.69. The van der Waals surface area contributed by atoms with Crippen LogP contribution in [0.15, 0.2) is 0 Å². The van der Waals surface area contributed by atoms with Crippen LogP contribution in [-0.2, 0) is 4.74 Å². The molecule has 1 aliphatic heterocycles. The Morgan fingerprint density at radius 1 is 1.12 bits per heavy atom. The van der Waals surface area contributed by atoms with Crippen LogP contribution in [-0.4, -0.2) is 28.7 Å². The molecule has 1 fully saturated rings. The van der Waals surface area contributed by atoms with E-state index in [0.29, 0.717) is 12.1 Å². The van der Waals surface area contributed by atoms with Crippen LogP contribution in [0.25, 0.3) is 0 Å². The zero-order valence-corrected chi connectivity index (χ0v) is 11.2.